The molecule has 0 aliphatic rings. The number of benzene rings is 1. The monoisotopic (exact) mass is 336 g/mol. The number of halogens is 3. The van der Waals surface area contributed by atoms with Gasteiger partial charge in [0, 0.05) is 12.1 Å². The summed E-state index contributed by atoms with van der Waals surface area (Å²) in [4.78, 5) is 21.2. The summed E-state index contributed by atoms with van der Waals surface area (Å²) >= 11 is 0. The molecule has 0 bridgehead atoms. The van der Waals surface area contributed by atoms with Crippen molar-refractivity contribution in [3.63, 3.8) is 0 Å². The second-order valence-corrected chi connectivity index (χ2v) is 4.37. The average Bonchev–Trinajstić information content (AvgIpc) is 2.47. The second-order valence-electron chi connectivity index (χ2n) is 4.37. The van der Waals surface area contributed by atoms with Gasteiger partial charge in [0.2, 0.25) is 5.82 Å². The number of alkyl halides is 2. The van der Waals surface area contributed by atoms with Crippen LogP contribution in [0.1, 0.15) is 19.8 Å². The molecule has 0 fully saturated rings. The van der Waals surface area contributed by atoms with Crippen LogP contribution in [0, 0.1) is 15.9 Å². The lowest BCUT2D eigenvalue weighted by molar-refractivity contribution is -0.387. The van der Waals surface area contributed by atoms with E-state index < -0.39 is 41.3 Å². The highest BCUT2D eigenvalue weighted by molar-refractivity contribution is 5.87. The lowest BCUT2D eigenvalue weighted by Crippen LogP contribution is -2.16. The molecule has 0 aromatic heterocycles. The molecule has 0 aliphatic heterocycles. The number of nitrogens with one attached hydrogen (secondary N) is 1. The second kappa shape index (κ2) is 8.81. The van der Waals surface area contributed by atoms with E-state index >= 15 is 0 Å². The predicted molar refractivity (Wildman–Crippen MR) is 74.4 cm³/mol. The number of nitro benzene ring substituents is 1. The Morgan fingerprint density at radius 1 is 1.43 bits per heavy atom. The van der Waals surface area contributed by atoms with Gasteiger partial charge in [0.05, 0.1) is 17.2 Å². The third-order valence-electron chi connectivity index (χ3n) is 2.58. The Balaban J connectivity index is 2.97. The summed E-state index contributed by atoms with van der Waals surface area (Å²) in [7, 11) is 0. The molecule has 0 unspecified atom stereocenters. The van der Waals surface area contributed by atoms with Crippen molar-refractivity contribution in [3.05, 3.63) is 28.1 Å². The summed E-state index contributed by atoms with van der Waals surface area (Å²) in [5.41, 5.74) is -1.27. The van der Waals surface area contributed by atoms with E-state index in [0.717, 1.165) is 6.42 Å². The predicted octanol–water partition coefficient (Wildman–Crippen LogP) is 3.73. The van der Waals surface area contributed by atoms with Gasteiger partial charge >= 0.3 is 11.8 Å². The zero-order valence-corrected chi connectivity index (χ0v) is 12.2. The Morgan fingerprint density at radius 3 is 2.70 bits per heavy atom. The van der Waals surface area contributed by atoms with Gasteiger partial charge in [-0.3, -0.25) is 15.4 Å². The molecule has 0 aliphatic carbocycles. The maximum Gasteiger partial charge on any atom is 0.411 e. The van der Waals surface area contributed by atoms with E-state index in [1.54, 1.807) is 0 Å². The number of nitrogens with zero attached hydrogens (tertiary/aromatic N) is 1. The van der Waals surface area contributed by atoms with E-state index in [9.17, 15) is 28.1 Å². The number of unbranched alkanes of at least 4 members (excludes halogenated alkanes) is 1. The van der Waals surface area contributed by atoms with Crippen LogP contribution in [-0.2, 0) is 4.74 Å². The first-order chi connectivity index (χ1) is 10.8. The fourth-order valence-corrected chi connectivity index (χ4v) is 1.51. The molecule has 1 N–H and O–H groups in total. The molecule has 128 valence electrons. The van der Waals surface area contributed by atoms with Crippen LogP contribution in [-0.4, -0.2) is 30.7 Å². The summed E-state index contributed by atoms with van der Waals surface area (Å²) in [5, 5.41) is 12.8. The van der Waals surface area contributed by atoms with Crippen LogP contribution in [0.25, 0.3) is 0 Å². The minimum absolute atomic E-state index is 0.110. The van der Waals surface area contributed by atoms with Crippen molar-refractivity contribution in [1.82, 2.24) is 0 Å². The van der Waals surface area contributed by atoms with Crippen molar-refractivity contribution in [1.29, 1.82) is 0 Å². The first-order valence-electron chi connectivity index (χ1n) is 6.67. The maximum atomic E-state index is 13.5. The number of ether oxygens (including phenoxy) is 2. The number of anilines is 1. The van der Waals surface area contributed by atoms with Crippen LogP contribution in [0.3, 0.4) is 0 Å². The van der Waals surface area contributed by atoms with Crippen LogP contribution < -0.4 is 10.1 Å². The Hall–Kier alpha value is -2.52. The first kappa shape index (κ1) is 18.5. The number of hydrogen-bond acceptors (Lipinski definition) is 5. The SMILES string of the molecule is CCCCOC(=O)Nc1cc([N+](=O)[O-])c(F)cc1OCC(F)F. The standard InChI is InChI=1S/C13H15F3N2O5/c1-2-3-4-22-13(19)17-9-6-10(18(20)21)8(14)5-11(9)23-7-12(15)16/h5-6,12H,2-4,7H2,1H3,(H,17,19). The third kappa shape index (κ3) is 6.01. The average molecular weight is 336 g/mol. The molecule has 0 saturated heterocycles. The van der Waals surface area contributed by atoms with Crippen LogP contribution >= 0.6 is 0 Å². The Kier molecular flexibility index (Phi) is 7.10. The maximum absolute atomic E-state index is 13.5. The van der Waals surface area contributed by atoms with E-state index in [-0.39, 0.29) is 12.3 Å². The number of carbonyl (C=O) groups is 1. The van der Waals surface area contributed by atoms with E-state index in [4.69, 9.17) is 4.74 Å². The van der Waals surface area contributed by atoms with Crippen molar-refractivity contribution in [3.8, 4) is 5.75 Å². The van der Waals surface area contributed by atoms with Crippen LogP contribution in [0.2, 0.25) is 0 Å². The van der Waals surface area contributed by atoms with Gasteiger partial charge < -0.3 is 9.47 Å². The zero-order chi connectivity index (χ0) is 17.4. The highest BCUT2D eigenvalue weighted by Crippen LogP contribution is 2.32. The number of nitro groups is 1. The molecule has 7 nitrogen and oxygen atoms in total. The normalized spacial score (nSPS) is 10.5. The lowest BCUT2D eigenvalue weighted by atomic mass is 10.2. The summed E-state index contributed by atoms with van der Waals surface area (Å²) in [6.07, 6.45) is -2.41. The van der Waals surface area contributed by atoms with E-state index in [1.807, 2.05) is 6.92 Å². The summed E-state index contributed by atoms with van der Waals surface area (Å²) in [6, 6.07) is 1.24. The minimum Gasteiger partial charge on any atom is -0.485 e. The van der Waals surface area contributed by atoms with Gasteiger partial charge in [0.15, 0.2) is 0 Å². The van der Waals surface area contributed by atoms with Gasteiger partial charge in [0.25, 0.3) is 6.43 Å². The molecule has 23 heavy (non-hydrogen) atoms. The van der Waals surface area contributed by atoms with Gasteiger partial charge in [-0.1, -0.05) is 13.3 Å². The van der Waals surface area contributed by atoms with Gasteiger partial charge in [-0.2, -0.15) is 4.39 Å². The van der Waals surface area contributed by atoms with E-state index in [0.29, 0.717) is 18.6 Å². The Bertz CT molecular complexity index is 569. The molecule has 0 spiro atoms. The number of hydrogen-bond donors (Lipinski definition) is 1. The van der Waals surface area contributed by atoms with E-state index in [2.05, 4.69) is 10.1 Å². The summed E-state index contributed by atoms with van der Waals surface area (Å²) in [6.45, 7) is 0.927. The van der Waals surface area contributed by atoms with Crippen LogP contribution in [0.4, 0.5) is 29.3 Å². The molecule has 0 atom stereocenters. The molecule has 1 amide bonds. The molecule has 1 aromatic rings. The van der Waals surface area contributed by atoms with Gasteiger partial charge in [0.1, 0.15) is 12.4 Å². The smallest absolute Gasteiger partial charge is 0.411 e. The third-order valence-corrected chi connectivity index (χ3v) is 2.58. The van der Waals surface area contributed by atoms with Crippen molar-refractivity contribution in [2.24, 2.45) is 0 Å². The van der Waals surface area contributed by atoms with Gasteiger partial charge in [-0.05, 0) is 6.42 Å². The molecule has 0 saturated carbocycles. The lowest BCUT2D eigenvalue weighted by Gasteiger charge is -2.12. The molecule has 0 radical (unpaired) electrons. The largest absolute Gasteiger partial charge is 0.485 e. The Morgan fingerprint density at radius 2 is 2.13 bits per heavy atom. The van der Waals surface area contributed by atoms with Gasteiger partial charge in [-0.15, -0.1) is 0 Å². The topological polar surface area (TPSA) is 90.7 Å². The van der Waals surface area contributed by atoms with E-state index in [1.165, 1.54) is 0 Å². The molecule has 1 rings (SSSR count). The fourth-order valence-electron chi connectivity index (χ4n) is 1.51. The molecule has 1 aromatic carbocycles. The first-order valence-corrected chi connectivity index (χ1v) is 6.67. The molecule has 10 heteroatoms. The van der Waals surface area contributed by atoms with Crippen LogP contribution in [0.15, 0.2) is 12.1 Å². The van der Waals surface area contributed by atoms with Crippen molar-refractivity contribution in [2.45, 2.75) is 26.2 Å². The molecular weight excluding hydrogens is 321 g/mol. The fraction of sp³-hybridized carbons (Fsp3) is 0.462. The van der Waals surface area contributed by atoms with Crippen molar-refractivity contribution in [2.75, 3.05) is 18.5 Å². The quantitative estimate of drug-likeness (QED) is 0.444. The number of rotatable bonds is 8. The highest BCUT2D eigenvalue weighted by Gasteiger charge is 2.21. The minimum atomic E-state index is -2.84. The molecule has 0 heterocycles. The zero-order valence-electron chi connectivity index (χ0n) is 12.2. The van der Waals surface area contributed by atoms with Gasteiger partial charge in [-0.25, -0.2) is 13.6 Å². The summed E-state index contributed by atoms with van der Waals surface area (Å²) < 4.78 is 47.4. The molecular formula is C13H15F3N2O5. The highest BCUT2D eigenvalue weighted by atomic mass is 19.3. The number of amides is 1. The van der Waals surface area contributed by atoms with Crippen LogP contribution in [0.5, 0.6) is 5.75 Å². The summed E-state index contributed by atoms with van der Waals surface area (Å²) in [5.74, 6) is -1.73. The van der Waals surface area contributed by atoms with Crippen molar-refractivity contribution >= 4 is 17.5 Å². The Labute approximate surface area is 129 Å². The number of carbonyl (C=O) groups excluding carboxylic acids is 1. The van der Waals surface area contributed by atoms with Crippen molar-refractivity contribution < 1.29 is 32.4 Å².